The predicted molar refractivity (Wildman–Crippen MR) is 179 cm³/mol. The molecular weight excluding hydrogens is 580 g/mol. The first kappa shape index (κ1) is 35.1. The molecule has 236 valence electrons. The second-order valence-electron chi connectivity index (χ2n) is 15.1. The number of ether oxygens (including phenoxy) is 2. The molecule has 8 heteroatoms. The van der Waals surface area contributed by atoms with E-state index in [1.165, 1.54) is 0 Å². The Labute approximate surface area is 262 Å². The van der Waals surface area contributed by atoms with Crippen LogP contribution in [0.4, 0.5) is 0 Å². The lowest BCUT2D eigenvalue weighted by Gasteiger charge is -2.40. The lowest BCUT2D eigenvalue weighted by Crippen LogP contribution is -2.45. The van der Waals surface area contributed by atoms with Crippen molar-refractivity contribution in [3.05, 3.63) is 53.6 Å². The summed E-state index contributed by atoms with van der Waals surface area (Å²) in [6.45, 7) is 23.1. The van der Waals surface area contributed by atoms with E-state index in [4.69, 9.17) is 29.9 Å². The van der Waals surface area contributed by atoms with Gasteiger partial charge in [0.15, 0.2) is 16.6 Å². The van der Waals surface area contributed by atoms with E-state index < -0.39 is 16.6 Å². The summed E-state index contributed by atoms with van der Waals surface area (Å²) >= 11 is 6.23. The van der Waals surface area contributed by atoms with Crippen LogP contribution in [0.2, 0.25) is 41.3 Å². The van der Waals surface area contributed by atoms with Gasteiger partial charge in [-0.1, -0.05) is 83.5 Å². The van der Waals surface area contributed by atoms with Gasteiger partial charge in [0, 0.05) is 29.7 Å². The molecule has 1 saturated carbocycles. The third kappa shape index (κ3) is 9.56. The van der Waals surface area contributed by atoms with Crippen LogP contribution < -0.4 is 4.74 Å². The molecule has 0 bridgehead atoms. The van der Waals surface area contributed by atoms with E-state index in [9.17, 15) is 4.79 Å². The first-order valence-electron chi connectivity index (χ1n) is 15.7. The number of carbonyl (C=O) groups is 1. The molecule has 42 heavy (non-hydrogen) atoms. The molecule has 1 heterocycles. The summed E-state index contributed by atoms with van der Waals surface area (Å²) in [6.07, 6.45) is 12.3. The smallest absolute Gasteiger partial charge is 0.306 e. The van der Waals surface area contributed by atoms with Crippen molar-refractivity contribution in [2.45, 2.75) is 128 Å². The van der Waals surface area contributed by atoms with Gasteiger partial charge in [0.25, 0.3) is 0 Å². The van der Waals surface area contributed by atoms with Gasteiger partial charge in [0.05, 0.1) is 12.2 Å². The summed E-state index contributed by atoms with van der Waals surface area (Å²) in [6, 6.07) is 7.49. The Morgan fingerprint density at radius 1 is 1.05 bits per heavy atom. The number of benzene rings is 1. The lowest BCUT2D eigenvalue weighted by atomic mass is 9.89. The van der Waals surface area contributed by atoms with Crippen molar-refractivity contribution in [1.82, 2.24) is 0 Å². The molecule has 1 aromatic rings. The minimum Gasteiger partial charge on any atom is -0.491 e. The highest BCUT2D eigenvalue weighted by atomic mass is 35.5. The molecule has 1 aromatic carbocycles. The van der Waals surface area contributed by atoms with Gasteiger partial charge in [-0.2, -0.15) is 0 Å². The highest BCUT2D eigenvalue weighted by Gasteiger charge is 2.49. The standard InChI is InChI=1S/C34H55ClO5Si2/c1-33(2,3)41(7,8)39-27(24-37-26-17-15-16-25(35)22-26)20-21-29-28-18-13-11-12-14-19-32(36)38-30(28)23-31(29)40-42(9,10)34(4,5)6/h11,13,15-17,20-22,27-31H,12,14,18-19,23-24H2,1-10H3/b13-11-,21-20+/t27-,28-,29-,30+,31-/m1/s1. The molecule has 1 aliphatic heterocycles. The fourth-order valence-corrected chi connectivity index (χ4v) is 7.91. The SMILES string of the molecule is CC(C)(C)[Si](C)(C)O[C@H](/C=C/[C@@H]1[C@H]2C/C=C\CCCC(=O)O[C@H]2C[C@H]1O[Si](C)(C)C(C)(C)C)COc1cccc(Cl)c1. The maximum absolute atomic E-state index is 12.7. The first-order valence-corrected chi connectivity index (χ1v) is 21.9. The minimum absolute atomic E-state index is 0.0264. The summed E-state index contributed by atoms with van der Waals surface area (Å²) in [5, 5.41) is 0.774. The lowest BCUT2D eigenvalue weighted by molar-refractivity contribution is -0.151. The molecule has 0 aromatic heterocycles. The maximum Gasteiger partial charge on any atom is 0.306 e. The van der Waals surface area contributed by atoms with E-state index in [0.29, 0.717) is 18.1 Å². The third-order valence-electron chi connectivity index (χ3n) is 9.74. The van der Waals surface area contributed by atoms with Crippen LogP contribution >= 0.6 is 11.6 Å². The Balaban J connectivity index is 1.95. The Kier molecular flexibility index (Phi) is 11.8. The largest absolute Gasteiger partial charge is 0.491 e. The van der Waals surface area contributed by atoms with Crippen molar-refractivity contribution in [2.75, 3.05) is 6.61 Å². The minimum atomic E-state index is -2.11. The summed E-state index contributed by atoms with van der Waals surface area (Å²) in [5.41, 5.74) is 0. The average Bonchev–Trinajstić information content (AvgIpc) is 3.16. The zero-order chi connectivity index (χ0) is 31.3. The van der Waals surface area contributed by atoms with Crippen LogP contribution in [0.15, 0.2) is 48.6 Å². The van der Waals surface area contributed by atoms with Crippen molar-refractivity contribution >= 4 is 34.2 Å². The quantitative estimate of drug-likeness (QED) is 0.154. The van der Waals surface area contributed by atoms with E-state index in [0.717, 1.165) is 31.4 Å². The fraction of sp³-hybridized carbons (Fsp3) is 0.676. The van der Waals surface area contributed by atoms with Gasteiger partial charge in [-0.15, -0.1) is 0 Å². The number of carbonyl (C=O) groups excluding carboxylic acids is 1. The highest BCUT2D eigenvalue weighted by Crippen LogP contribution is 2.45. The van der Waals surface area contributed by atoms with Crippen LogP contribution in [0.3, 0.4) is 0 Å². The van der Waals surface area contributed by atoms with Crippen molar-refractivity contribution in [3.8, 4) is 5.75 Å². The molecule has 0 amide bonds. The maximum atomic E-state index is 12.7. The van der Waals surface area contributed by atoms with Crippen molar-refractivity contribution in [3.63, 3.8) is 0 Å². The zero-order valence-electron chi connectivity index (χ0n) is 27.7. The van der Waals surface area contributed by atoms with Crippen molar-refractivity contribution in [1.29, 1.82) is 0 Å². The van der Waals surface area contributed by atoms with E-state index in [1.807, 2.05) is 24.3 Å². The van der Waals surface area contributed by atoms with Gasteiger partial charge in [-0.3, -0.25) is 4.79 Å². The van der Waals surface area contributed by atoms with E-state index in [-0.39, 0.29) is 46.2 Å². The second kappa shape index (κ2) is 14.1. The predicted octanol–water partition coefficient (Wildman–Crippen LogP) is 9.73. The molecule has 2 aliphatic rings. The monoisotopic (exact) mass is 634 g/mol. The number of halogens is 1. The molecular formula is C34H55ClO5Si2. The molecule has 5 atom stereocenters. The van der Waals surface area contributed by atoms with Crippen LogP contribution in [-0.2, 0) is 18.4 Å². The normalized spacial score (nSPS) is 26.0. The molecule has 0 saturated heterocycles. The van der Waals surface area contributed by atoms with E-state index >= 15 is 0 Å². The number of hydrogen-bond donors (Lipinski definition) is 0. The summed E-state index contributed by atoms with van der Waals surface area (Å²) in [5.74, 6) is 0.878. The molecule has 0 unspecified atom stereocenters. The third-order valence-corrected chi connectivity index (χ3v) is 19.0. The van der Waals surface area contributed by atoms with Gasteiger partial charge < -0.3 is 18.3 Å². The average molecular weight is 635 g/mol. The highest BCUT2D eigenvalue weighted by molar-refractivity contribution is 6.74. The Morgan fingerprint density at radius 2 is 1.74 bits per heavy atom. The second-order valence-corrected chi connectivity index (χ2v) is 25.0. The van der Waals surface area contributed by atoms with E-state index in [2.05, 4.69) is 92.0 Å². The Bertz CT molecular complexity index is 1100. The van der Waals surface area contributed by atoms with Gasteiger partial charge in [-0.05, 0) is 73.7 Å². The summed E-state index contributed by atoms with van der Waals surface area (Å²) in [7, 11) is -4.18. The van der Waals surface area contributed by atoms with Gasteiger partial charge in [-0.25, -0.2) is 0 Å². The molecule has 5 nitrogen and oxygen atoms in total. The number of fused-ring (bicyclic) bond motifs is 1. The van der Waals surface area contributed by atoms with Gasteiger partial charge >= 0.3 is 5.97 Å². The molecule has 0 spiro atoms. The van der Waals surface area contributed by atoms with E-state index in [1.54, 1.807) is 0 Å². The Hall–Kier alpha value is -1.39. The van der Waals surface area contributed by atoms with Crippen LogP contribution in [0, 0.1) is 11.8 Å². The van der Waals surface area contributed by atoms with Crippen LogP contribution in [0.5, 0.6) is 5.75 Å². The summed E-state index contributed by atoms with van der Waals surface area (Å²) in [4.78, 5) is 12.7. The van der Waals surface area contributed by atoms with Crippen molar-refractivity contribution < 1.29 is 23.1 Å². The van der Waals surface area contributed by atoms with Crippen LogP contribution in [0.25, 0.3) is 0 Å². The molecule has 3 rings (SSSR count). The number of allylic oxidation sites excluding steroid dienone is 2. The number of hydrogen-bond acceptors (Lipinski definition) is 5. The fourth-order valence-electron chi connectivity index (χ4n) is 5.11. The topological polar surface area (TPSA) is 54.0 Å². The van der Waals surface area contributed by atoms with Crippen molar-refractivity contribution in [2.24, 2.45) is 11.8 Å². The molecule has 0 N–H and O–H groups in total. The number of rotatable bonds is 9. The molecule has 1 fully saturated rings. The number of esters is 1. The van der Waals surface area contributed by atoms with Crippen LogP contribution in [-0.4, -0.2) is 47.5 Å². The first-order chi connectivity index (χ1) is 19.4. The molecule has 1 aliphatic carbocycles. The zero-order valence-corrected chi connectivity index (χ0v) is 30.4. The van der Waals surface area contributed by atoms with Gasteiger partial charge in [0.2, 0.25) is 0 Å². The van der Waals surface area contributed by atoms with Gasteiger partial charge in [0.1, 0.15) is 18.5 Å². The summed E-state index contributed by atoms with van der Waals surface area (Å²) < 4.78 is 26.3. The molecule has 0 radical (unpaired) electrons. The van der Waals surface area contributed by atoms with Crippen LogP contribution in [0.1, 0.15) is 73.6 Å². The Morgan fingerprint density at radius 3 is 2.38 bits per heavy atom.